The van der Waals surface area contributed by atoms with Crippen molar-refractivity contribution in [3.05, 3.63) is 53.3 Å². The van der Waals surface area contributed by atoms with E-state index in [1.165, 1.54) is 36.1 Å². The Morgan fingerprint density at radius 3 is 2.65 bits per heavy atom. The topological polar surface area (TPSA) is 32.3 Å². The van der Waals surface area contributed by atoms with Crippen LogP contribution in [0.3, 0.4) is 0 Å². The van der Waals surface area contributed by atoms with Crippen LogP contribution in [0.5, 0.6) is 0 Å². The van der Waals surface area contributed by atoms with E-state index in [0.29, 0.717) is 29.6 Å². The number of hydrogen-bond acceptors (Lipinski definition) is 2. The van der Waals surface area contributed by atoms with Crippen LogP contribution in [0.4, 0.5) is 5.69 Å². The lowest BCUT2D eigenvalue weighted by molar-refractivity contribution is 0.268. The molecule has 0 saturated heterocycles. The number of aliphatic hydroxyl groups is 1. The third-order valence-corrected chi connectivity index (χ3v) is 6.28. The number of unbranched alkanes of at least 4 members (excludes halogenated alkanes) is 1. The van der Waals surface area contributed by atoms with Crippen molar-refractivity contribution >= 4 is 5.69 Å². The number of anilines is 1. The van der Waals surface area contributed by atoms with Gasteiger partial charge in [0.1, 0.15) is 0 Å². The Hall–Kier alpha value is -1.70. The molecule has 0 radical (unpaired) electrons. The molecule has 0 saturated carbocycles. The van der Waals surface area contributed by atoms with Crippen LogP contribution in [-0.2, 0) is 5.41 Å². The molecule has 0 spiro atoms. The largest absolute Gasteiger partial charge is 0.512 e. The molecule has 1 heterocycles. The van der Waals surface area contributed by atoms with Crippen molar-refractivity contribution in [1.29, 1.82) is 0 Å². The summed E-state index contributed by atoms with van der Waals surface area (Å²) in [5.74, 6) is 2.00. The number of aliphatic hydroxyl groups excluding tert-OH is 1. The second kappa shape index (κ2) is 7.50. The summed E-state index contributed by atoms with van der Waals surface area (Å²) in [6.07, 6.45) is 10.6. The molecule has 142 valence electrons. The summed E-state index contributed by atoms with van der Waals surface area (Å²) in [6.45, 7) is 11.5. The Morgan fingerprint density at radius 1 is 1.23 bits per heavy atom. The lowest BCUT2D eigenvalue weighted by Gasteiger charge is -2.43. The average molecular weight is 354 g/mol. The number of nitrogens with one attached hydrogen (secondary N) is 1. The highest BCUT2D eigenvalue weighted by atomic mass is 16.3. The first kappa shape index (κ1) is 19.1. The molecule has 2 heteroatoms. The van der Waals surface area contributed by atoms with Gasteiger partial charge >= 0.3 is 0 Å². The average Bonchev–Trinajstić information content (AvgIpc) is 2.59. The second-order valence-electron chi connectivity index (χ2n) is 9.23. The number of benzene rings is 1. The third-order valence-electron chi connectivity index (χ3n) is 6.28. The molecule has 2 N–H and O–H groups in total. The molecule has 2 aliphatic rings. The van der Waals surface area contributed by atoms with Gasteiger partial charge in [0.25, 0.3) is 0 Å². The highest BCUT2D eigenvalue weighted by molar-refractivity contribution is 5.58. The van der Waals surface area contributed by atoms with Gasteiger partial charge in [-0.2, -0.15) is 0 Å². The molecule has 3 rings (SSSR count). The van der Waals surface area contributed by atoms with E-state index in [0.717, 1.165) is 6.42 Å². The molecule has 26 heavy (non-hydrogen) atoms. The zero-order valence-corrected chi connectivity index (χ0v) is 17.0. The molecule has 0 fully saturated rings. The van der Waals surface area contributed by atoms with E-state index < -0.39 is 0 Å². The zero-order chi connectivity index (χ0) is 18.9. The van der Waals surface area contributed by atoms with Gasteiger partial charge in [-0.1, -0.05) is 71.7 Å². The first-order valence-electron chi connectivity index (χ1n) is 10.3. The number of allylic oxidation sites excluding steroid dienone is 3. The van der Waals surface area contributed by atoms with E-state index in [1.807, 2.05) is 12.2 Å². The standard InChI is InChI=1S/C24H35NO/c1-6-7-11-20-16(2)21-15-18(24(3,4)5)12-13-22(21)25-23(20)17-9-8-10-19(26)14-17/h8-10,12-13,15-17,20,23,25-26H,6-7,11,14H2,1-5H3/t16?,17?,20?,23-/m0/s1. The van der Waals surface area contributed by atoms with Gasteiger partial charge < -0.3 is 10.4 Å². The van der Waals surface area contributed by atoms with E-state index >= 15 is 0 Å². The fourth-order valence-electron chi connectivity index (χ4n) is 4.59. The molecule has 1 aliphatic carbocycles. The van der Waals surface area contributed by atoms with Gasteiger partial charge in [0.15, 0.2) is 0 Å². The van der Waals surface area contributed by atoms with Gasteiger partial charge in [-0.05, 0) is 46.9 Å². The van der Waals surface area contributed by atoms with Crippen molar-refractivity contribution in [2.75, 3.05) is 5.32 Å². The molecule has 1 aromatic rings. The smallest absolute Gasteiger partial charge is 0.0929 e. The first-order chi connectivity index (χ1) is 12.3. The monoisotopic (exact) mass is 353 g/mol. The van der Waals surface area contributed by atoms with Crippen molar-refractivity contribution in [3.8, 4) is 0 Å². The minimum Gasteiger partial charge on any atom is -0.512 e. The van der Waals surface area contributed by atoms with Gasteiger partial charge in [0, 0.05) is 24.1 Å². The second-order valence-corrected chi connectivity index (χ2v) is 9.23. The molecular formula is C24H35NO. The molecule has 1 aliphatic heterocycles. The molecule has 2 nitrogen and oxygen atoms in total. The van der Waals surface area contributed by atoms with Crippen LogP contribution in [-0.4, -0.2) is 11.1 Å². The summed E-state index contributed by atoms with van der Waals surface area (Å²) in [5, 5.41) is 13.9. The Kier molecular flexibility index (Phi) is 5.50. The van der Waals surface area contributed by atoms with Crippen LogP contribution < -0.4 is 5.32 Å². The minimum absolute atomic E-state index is 0.174. The number of hydrogen-bond donors (Lipinski definition) is 2. The van der Waals surface area contributed by atoms with Crippen LogP contribution in [0.1, 0.15) is 77.3 Å². The lowest BCUT2D eigenvalue weighted by Crippen LogP contribution is -2.42. The summed E-state index contributed by atoms with van der Waals surface area (Å²) < 4.78 is 0. The predicted octanol–water partition coefficient (Wildman–Crippen LogP) is 6.71. The van der Waals surface area contributed by atoms with Gasteiger partial charge in [-0.3, -0.25) is 0 Å². The van der Waals surface area contributed by atoms with E-state index in [-0.39, 0.29) is 5.41 Å². The summed E-state index contributed by atoms with van der Waals surface area (Å²) in [7, 11) is 0. The predicted molar refractivity (Wildman–Crippen MR) is 112 cm³/mol. The van der Waals surface area contributed by atoms with E-state index in [9.17, 15) is 5.11 Å². The first-order valence-corrected chi connectivity index (χ1v) is 10.3. The Labute approximate surface area is 159 Å². The fourth-order valence-corrected chi connectivity index (χ4v) is 4.59. The number of rotatable bonds is 4. The minimum atomic E-state index is 0.174. The number of fused-ring (bicyclic) bond motifs is 1. The normalized spacial score (nSPS) is 28.3. The third kappa shape index (κ3) is 3.84. The highest BCUT2D eigenvalue weighted by Crippen LogP contribution is 2.45. The maximum Gasteiger partial charge on any atom is 0.0929 e. The summed E-state index contributed by atoms with van der Waals surface area (Å²) in [4.78, 5) is 0. The molecular weight excluding hydrogens is 318 g/mol. The zero-order valence-electron chi connectivity index (χ0n) is 17.0. The van der Waals surface area contributed by atoms with Crippen molar-refractivity contribution in [2.45, 2.75) is 77.7 Å². The Balaban J connectivity index is 1.95. The maximum atomic E-state index is 10.0. The van der Waals surface area contributed by atoms with Crippen LogP contribution in [0, 0.1) is 11.8 Å². The van der Waals surface area contributed by atoms with E-state index in [4.69, 9.17) is 0 Å². The van der Waals surface area contributed by atoms with Crippen molar-refractivity contribution < 1.29 is 5.11 Å². The molecule has 1 aromatic carbocycles. The van der Waals surface area contributed by atoms with Gasteiger partial charge in [-0.25, -0.2) is 0 Å². The SMILES string of the molecule is CCCCC1C(C)c2cc(C(C)(C)C)ccc2N[C@H]1C1C=CC=C(O)C1. The van der Waals surface area contributed by atoms with Crippen molar-refractivity contribution in [3.63, 3.8) is 0 Å². The van der Waals surface area contributed by atoms with Crippen molar-refractivity contribution in [1.82, 2.24) is 0 Å². The molecule has 3 unspecified atom stereocenters. The Bertz CT molecular complexity index is 695. The van der Waals surface area contributed by atoms with Gasteiger partial charge in [0.2, 0.25) is 0 Å². The molecule has 0 bridgehead atoms. The molecule has 0 aromatic heterocycles. The molecule has 4 atom stereocenters. The Morgan fingerprint density at radius 2 is 2.00 bits per heavy atom. The quantitative estimate of drug-likeness (QED) is 0.630. The van der Waals surface area contributed by atoms with Crippen molar-refractivity contribution in [2.24, 2.45) is 11.8 Å². The van der Waals surface area contributed by atoms with Crippen LogP contribution in [0.15, 0.2) is 42.2 Å². The van der Waals surface area contributed by atoms with E-state index in [2.05, 4.69) is 64.2 Å². The van der Waals surface area contributed by atoms with Crippen LogP contribution in [0.2, 0.25) is 0 Å². The summed E-state index contributed by atoms with van der Waals surface area (Å²) in [5.41, 5.74) is 4.34. The van der Waals surface area contributed by atoms with E-state index in [1.54, 1.807) is 0 Å². The summed E-state index contributed by atoms with van der Waals surface area (Å²) in [6, 6.07) is 7.36. The van der Waals surface area contributed by atoms with Crippen LogP contribution >= 0.6 is 0 Å². The lowest BCUT2D eigenvalue weighted by atomic mass is 9.70. The fraction of sp³-hybridized carbons (Fsp3) is 0.583. The summed E-state index contributed by atoms with van der Waals surface area (Å²) >= 11 is 0. The van der Waals surface area contributed by atoms with Gasteiger partial charge in [0.05, 0.1) is 5.76 Å². The highest BCUT2D eigenvalue weighted by Gasteiger charge is 2.38. The van der Waals surface area contributed by atoms with Gasteiger partial charge in [-0.15, -0.1) is 0 Å². The maximum absolute atomic E-state index is 10.0. The molecule has 0 amide bonds. The van der Waals surface area contributed by atoms with Crippen LogP contribution in [0.25, 0.3) is 0 Å².